The zero-order valence-corrected chi connectivity index (χ0v) is 10.9. The standard InChI is InChI=1S/C10H19F3N2OS/c1-3-15(5-6-16-4-2)7-8(9(14)17)10(11,12)13/h8H,3-7H2,1-2H3,(H2,14,17). The van der Waals surface area contributed by atoms with Crippen molar-refractivity contribution in [3.63, 3.8) is 0 Å². The summed E-state index contributed by atoms with van der Waals surface area (Å²) in [4.78, 5) is 1.12. The molecule has 0 amide bonds. The monoisotopic (exact) mass is 272 g/mol. The van der Waals surface area contributed by atoms with Gasteiger partial charge in [-0.05, 0) is 13.5 Å². The minimum absolute atomic E-state index is 0.206. The number of alkyl halides is 3. The molecule has 0 rings (SSSR count). The van der Waals surface area contributed by atoms with E-state index in [9.17, 15) is 13.2 Å². The molecule has 0 bridgehead atoms. The van der Waals surface area contributed by atoms with E-state index in [4.69, 9.17) is 10.5 Å². The molecule has 1 unspecified atom stereocenters. The van der Waals surface area contributed by atoms with E-state index < -0.39 is 17.1 Å². The average molecular weight is 272 g/mol. The number of ether oxygens (including phenoxy) is 1. The average Bonchev–Trinajstić information content (AvgIpc) is 2.20. The molecule has 0 aliphatic rings. The van der Waals surface area contributed by atoms with Gasteiger partial charge in [0.1, 0.15) is 5.92 Å². The second-order valence-electron chi connectivity index (χ2n) is 3.59. The van der Waals surface area contributed by atoms with Gasteiger partial charge in [-0.2, -0.15) is 13.2 Å². The molecule has 1 atom stereocenters. The summed E-state index contributed by atoms with van der Waals surface area (Å²) in [6.45, 7) is 5.33. The first-order chi connectivity index (χ1) is 7.82. The highest BCUT2D eigenvalue weighted by molar-refractivity contribution is 7.80. The maximum Gasteiger partial charge on any atom is 0.399 e. The van der Waals surface area contributed by atoms with Crippen molar-refractivity contribution in [1.29, 1.82) is 0 Å². The van der Waals surface area contributed by atoms with Crippen molar-refractivity contribution in [1.82, 2.24) is 4.90 Å². The molecule has 0 aromatic heterocycles. The van der Waals surface area contributed by atoms with Crippen LogP contribution in [0.15, 0.2) is 0 Å². The highest BCUT2D eigenvalue weighted by Gasteiger charge is 2.42. The molecule has 0 spiro atoms. The molecule has 7 heteroatoms. The Morgan fingerprint density at radius 1 is 1.41 bits per heavy atom. The molecule has 0 radical (unpaired) electrons. The quantitative estimate of drug-likeness (QED) is 0.540. The normalized spacial score (nSPS) is 14.0. The van der Waals surface area contributed by atoms with E-state index in [-0.39, 0.29) is 6.54 Å². The summed E-state index contributed by atoms with van der Waals surface area (Å²) >= 11 is 4.47. The summed E-state index contributed by atoms with van der Waals surface area (Å²) in [5.41, 5.74) is 5.13. The van der Waals surface area contributed by atoms with Gasteiger partial charge in [-0.25, -0.2) is 0 Å². The molecule has 3 nitrogen and oxygen atoms in total. The Morgan fingerprint density at radius 2 is 2.00 bits per heavy atom. The van der Waals surface area contributed by atoms with E-state index in [1.165, 1.54) is 0 Å². The summed E-state index contributed by atoms with van der Waals surface area (Å²) < 4.78 is 43.0. The largest absolute Gasteiger partial charge is 0.399 e. The van der Waals surface area contributed by atoms with Gasteiger partial charge in [0, 0.05) is 19.7 Å². The van der Waals surface area contributed by atoms with Gasteiger partial charge in [0.15, 0.2) is 0 Å². The van der Waals surface area contributed by atoms with Crippen LogP contribution in [0.4, 0.5) is 13.2 Å². The fourth-order valence-corrected chi connectivity index (χ4v) is 1.54. The molecular weight excluding hydrogens is 253 g/mol. The van der Waals surface area contributed by atoms with Crippen molar-refractivity contribution < 1.29 is 17.9 Å². The Labute approximate surface area is 105 Å². The topological polar surface area (TPSA) is 38.5 Å². The SMILES string of the molecule is CCOCCN(CC)CC(C(N)=S)C(F)(F)F. The molecule has 0 aliphatic heterocycles. The van der Waals surface area contributed by atoms with Crippen LogP contribution in [0.3, 0.4) is 0 Å². The van der Waals surface area contributed by atoms with E-state index in [0.717, 1.165) is 0 Å². The van der Waals surface area contributed by atoms with Gasteiger partial charge in [-0.1, -0.05) is 19.1 Å². The van der Waals surface area contributed by atoms with E-state index >= 15 is 0 Å². The van der Waals surface area contributed by atoms with E-state index in [1.54, 1.807) is 11.8 Å². The molecule has 0 aliphatic carbocycles. The number of halogens is 3. The lowest BCUT2D eigenvalue weighted by molar-refractivity contribution is -0.159. The number of nitrogens with zero attached hydrogens (tertiary/aromatic N) is 1. The van der Waals surface area contributed by atoms with Crippen molar-refractivity contribution in [3.05, 3.63) is 0 Å². The molecule has 2 N–H and O–H groups in total. The summed E-state index contributed by atoms with van der Waals surface area (Å²) in [5, 5.41) is 0. The molecular formula is C10H19F3N2OS. The van der Waals surface area contributed by atoms with Crippen molar-refractivity contribution in [2.24, 2.45) is 11.7 Å². The molecule has 0 aromatic rings. The van der Waals surface area contributed by atoms with Gasteiger partial charge in [0.2, 0.25) is 0 Å². The van der Waals surface area contributed by atoms with Crippen LogP contribution in [0.25, 0.3) is 0 Å². The lowest BCUT2D eigenvalue weighted by Crippen LogP contribution is -2.44. The van der Waals surface area contributed by atoms with Crippen molar-refractivity contribution >= 4 is 17.2 Å². The van der Waals surface area contributed by atoms with Gasteiger partial charge in [-0.3, -0.25) is 0 Å². The molecule has 0 fully saturated rings. The third kappa shape index (κ3) is 6.80. The number of thiocarbonyl (C=S) groups is 1. The Bertz CT molecular complexity index is 236. The predicted octanol–water partition coefficient (Wildman–Crippen LogP) is 1.81. The molecule has 0 heterocycles. The summed E-state index contributed by atoms with van der Waals surface area (Å²) in [5.74, 6) is -1.75. The molecule has 0 aromatic carbocycles. The van der Waals surface area contributed by atoms with Gasteiger partial charge in [-0.15, -0.1) is 0 Å². The smallest absolute Gasteiger partial charge is 0.393 e. The summed E-state index contributed by atoms with van der Waals surface area (Å²) in [6, 6.07) is 0. The molecule has 0 saturated carbocycles. The number of nitrogens with two attached hydrogens (primary N) is 1. The lowest BCUT2D eigenvalue weighted by Gasteiger charge is -2.27. The van der Waals surface area contributed by atoms with Gasteiger partial charge < -0.3 is 15.4 Å². The van der Waals surface area contributed by atoms with Crippen LogP contribution in [-0.2, 0) is 4.74 Å². The number of likely N-dealkylation sites (N-methyl/N-ethyl adjacent to an activating group) is 1. The van der Waals surface area contributed by atoms with E-state index in [1.807, 2.05) is 6.92 Å². The molecule has 17 heavy (non-hydrogen) atoms. The van der Waals surface area contributed by atoms with Crippen molar-refractivity contribution in [2.75, 3.05) is 32.8 Å². The van der Waals surface area contributed by atoms with Crippen LogP contribution >= 0.6 is 12.2 Å². The van der Waals surface area contributed by atoms with Gasteiger partial charge in [0.05, 0.1) is 11.6 Å². The van der Waals surface area contributed by atoms with Crippen LogP contribution in [0.5, 0.6) is 0 Å². The van der Waals surface area contributed by atoms with Gasteiger partial charge >= 0.3 is 6.18 Å². The fraction of sp³-hybridized carbons (Fsp3) is 0.900. The van der Waals surface area contributed by atoms with E-state index in [2.05, 4.69) is 12.2 Å². The van der Waals surface area contributed by atoms with Crippen LogP contribution in [-0.4, -0.2) is 48.9 Å². The fourth-order valence-electron chi connectivity index (χ4n) is 1.33. The minimum Gasteiger partial charge on any atom is -0.393 e. The number of hydrogen-bond donors (Lipinski definition) is 1. The Balaban J connectivity index is 4.35. The maximum atomic E-state index is 12.6. The third-order valence-electron chi connectivity index (χ3n) is 2.38. The second-order valence-corrected chi connectivity index (χ2v) is 4.06. The predicted molar refractivity (Wildman–Crippen MR) is 64.9 cm³/mol. The van der Waals surface area contributed by atoms with E-state index in [0.29, 0.717) is 26.3 Å². The summed E-state index contributed by atoms with van der Waals surface area (Å²) in [7, 11) is 0. The minimum atomic E-state index is -4.38. The zero-order chi connectivity index (χ0) is 13.5. The van der Waals surface area contributed by atoms with Crippen LogP contribution in [0.1, 0.15) is 13.8 Å². The third-order valence-corrected chi connectivity index (χ3v) is 2.67. The first-order valence-electron chi connectivity index (χ1n) is 5.49. The first-order valence-corrected chi connectivity index (χ1v) is 5.89. The number of rotatable bonds is 8. The Morgan fingerprint density at radius 3 is 2.35 bits per heavy atom. The highest BCUT2D eigenvalue weighted by Crippen LogP contribution is 2.27. The highest BCUT2D eigenvalue weighted by atomic mass is 32.1. The Hall–Kier alpha value is -0.400. The molecule has 0 saturated heterocycles. The van der Waals surface area contributed by atoms with Crippen molar-refractivity contribution in [3.8, 4) is 0 Å². The van der Waals surface area contributed by atoms with Crippen molar-refractivity contribution in [2.45, 2.75) is 20.0 Å². The van der Waals surface area contributed by atoms with Crippen LogP contribution in [0, 0.1) is 5.92 Å². The number of hydrogen-bond acceptors (Lipinski definition) is 3. The van der Waals surface area contributed by atoms with Crippen LogP contribution in [0.2, 0.25) is 0 Å². The maximum absolute atomic E-state index is 12.6. The van der Waals surface area contributed by atoms with Crippen LogP contribution < -0.4 is 5.73 Å². The Kier molecular flexibility index (Phi) is 7.65. The molecule has 102 valence electrons. The lowest BCUT2D eigenvalue weighted by atomic mass is 10.1. The first kappa shape index (κ1) is 16.6. The zero-order valence-electron chi connectivity index (χ0n) is 10.1. The van der Waals surface area contributed by atoms with Gasteiger partial charge in [0.25, 0.3) is 0 Å². The second kappa shape index (κ2) is 7.84. The summed E-state index contributed by atoms with van der Waals surface area (Å²) in [6.07, 6.45) is -4.38.